The lowest BCUT2D eigenvalue weighted by Crippen LogP contribution is -1.99. The SMILES string of the molecule is COc1ccc(COc2c(F)cccc2F)cc1. The third-order valence-corrected chi connectivity index (χ3v) is 2.46. The maximum atomic E-state index is 13.3. The molecular formula is C14H12F2O2. The van der Waals surface area contributed by atoms with Crippen molar-refractivity contribution in [3.05, 3.63) is 59.7 Å². The molecule has 0 N–H and O–H groups in total. The molecule has 0 saturated carbocycles. The molecule has 18 heavy (non-hydrogen) atoms. The van der Waals surface area contributed by atoms with Gasteiger partial charge in [-0.05, 0) is 29.8 Å². The Bertz CT molecular complexity index is 504. The Balaban J connectivity index is 2.06. The third kappa shape index (κ3) is 2.77. The fraction of sp³-hybridized carbons (Fsp3) is 0.143. The van der Waals surface area contributed by atoms with Gasteiger partial charge in [0.1, 0.15) is 12.4 Å². The van der Waals surface area contributed by atoms with E-state index in [-0.39, 0.29) is 12.4 Å². The average Bonchev–Trinajstić information content (AvgIpc) is 2.39. The molecule has 0 saturated heterocycles. The van der Waals surface area contributed by atoms with Crippen LogP contribution < -0.4 is 9.47 Å². The Morgan fingerprint density at radius 1 is 0.944 bits per heavy atom. The highest BCUT2D eigenvalue weighted by molar-refractivity contribution is 5.29. The summed E-state index contributed by atoms with van der Waals surface area (Å²) >= 11 is 0. The van der Waals surface area contributed by atoms with Gasteiger partial charge in [0.15, 0.2) is 17.4 Å². The highest BCUT2D eigenvalue weighted by atomic mass is 19.1. The van der Waals surface area contributed by atoms with Crippen molar-refractivity contribution in [3.8, 4) is 11.5 Å². The molecule has 0 aliphatic rings. The Labute approximate surface area is 104 Å². The maximum Gasteiger partial charge on any atom is 0.191 e. The van der Waals surface area contributed by atoms with Gasteiger partial charge in [-0.2, -0.15) is 0 Å². The first-order valence-electron chi connectivity index (χ1n) is 5.40. The molecule has 0 radical (unpaired) electrons. The van der Waals surface area contributed by atoms with E-state index in [1.54, 1.807) is 31.4 Å². The molecule has 0 spiro atoms. The minimum absolute atomic E-state index is 0.0991. The van der Waals surface area contributed by atoms with E-state index in [0.29, 0.717) is 0 Å². The first kappa shape index (κ1) is 12.4. The van der Waals surface area contributed by atoms with Gasteiger partial charge in [0.05, 0.1) is 7.11 Å². The van der Waals surface area contributed by atoms with Gasteiger partial charge in [0, 0.05) is 0 Å². The molecule has 0 aromatic heterocycles. The van der Waals surface area contributed by atoms with E-state index < -0.39 is 11.6 Å². The van der Waals surface area contributed by atoms with Gasteiger partial charge in [0.25, 0.3) is 0 Å². The van der Waals surface area contributed by atoms with Crippen molar-refractivity contribution < 1.29 is 18.3 Å². The molecule has 2 rings (SSSR count). The van der Waals surface area contributed by atoms with Crippen molar-refractivity contribution in [1.29, 1.82) is 0 Å². The molecule has 0 aliphatic carbocycles. The van der Waals surface area contributed by atoms with Crippen LogP contribution in [0.25, 0.3) is 0 Å². The van der Waals surface area contributed by atoms with Crippen LogP contribution in [0.4, 0.5) is 8.78 Å². The number of rotatable bonds is 4. The Hall–Kier alpha value is -2.10. The second kappa shape index (κ2) is 5.49. The zero-order valence-corrected chi connectivity index (χ0v) is 9.82. The summed E-state index contributed by atoms with van der Waals surface area (Å²) in [6, 6.07) is 10.7. The van der Waals surface area contributed by atoms with Crippen LogP contribution in [0.3, 0.4) is 0 Å². The first-order valence-corrected chi connectivity index (χ1v) is 5.40. The molecule has 0 bridgehead atoms. The molecule has 0 amide bonds. The quantitative estimate of drug-likeness (QED) is 0.826. The topological polar surface area (TPSA) is 18.5 Å². The van der Waals surface area contributed by atoms with Gasteiger partial charge >= 0.3 is 0 Å². The molecule has 0 unspecified atom stereocenters. The monoisotopic (exact) mass is 250 g/mol. The molecule has 2 aromatic carbocycles. The number of hydrogen-bond donors (Lipinski definition) is 0. The highest BCUT2D eigenvalue weighted by Crippen LogP contribution is 2.22. The predicted molar refractivity (Wildman–Crippen MR) is 63.7 cm³/mol. The first-order chi connectivity index (χ1) is 8.70. The highest BCUT2D eigenvalue weighted by Gasteiger charge is 2.09. The van der Waals surface area contributed by atoms with Gasteiger partial charge in [0.2, 0.25) is 0 Å². The summed E-state index contributed by atoms with van der Waals surface area (Å²) in [6.45, 7) is 0.0991. The molecule has 94 valence electrons. The van der Waals surface area contributed by atoms with Crippen molar-refractivity contribution in [2.45, 2.75) is 6.61 Å². The van der Waals surface area contributed by atoms with Crippen molar-refractivity contribution in [3.63, 3.8) is 0 Å². The number of halogens is 2. The summed E-state index contributed by atoms with van der Waals surface area (Å²) in [7, 11) is 1.57. The van der Waals surface area contributed by atoms with Crippen LogP contribution in [-0.4, -0.2) is 7.11 Å². The van der Waals surface area contributed by atoms with Gasteiger partial charge in [-0.3, -0.25) is 0 Å². The van der Waals surface area contributed by atoms with Crippen LogP contribution in [0.1, 0.15) is 5.56 Å². The van der Waals surface area contributed by atoms with Gasteiger partial charge < -0.3 is 9.47 Å². The average molecular weight is 250 g/mol. The summed E-state index contributed by atoms with van der Waals surface area (Å²) in [4.78, 5) is 0. The number of benzene rings is 2. The summed E-state index contributed by atoms with van der Waals surface area (Å²) in [6.07, 6.45) is 0. The number of para-hydroxylation sites is 1. The summed E-state index contributed by atoms with van der Waals surface area (Å²) in [5, 5.41) is 0. The summed E-state index contributed by atoms with van der Waals surface area (Å²) in [5.74, 6) is -1.05. The lowest BCUT2D eigenvalue weighted by Gasteiger charge is -2.08. The summed E-state index contributed by atoms with van der Waals surface area (Å²) < 4.78 is 36.7. The van der Waals surface area contributed by atoms with Crippen LogP contribution >= 0.6 is 0 Å². The van der Waals surface area contributed by atoms with Crippen molar-refractivity contribution >= 4 is 0 Å². The van der Waals surface area contributed by atoms with Crippen LogP contribution in [0.15, 0.2) is 42.5 Å². The van der Waals surface area contributed by atoms with Crippen molar-refractivity contribution in [2.75, 3.05) is 7.11 Å². The molecule has 0 atom stereocenters. The van der Waals surface area contributed by atoms with Gasteiger partial charge in [-0.25, -0.2) is 8.78 Å². The van der Waals surface area contributed by atoms with Crippen LogP contribution in [0.5, 0.6) is 11.5 Å². The molecule has 2 aromatic rings. The second-order valence-corrected chi connectivity index (χ2v) is 3.69. The van der Waals surface area contributed by atoms with Crippen LogP contribution in [0.2, 0.25) is 0 Å². The van der Waals surface area contributed by atoms with E-state index in [9.17, 15) is 8.78 Å². The number of methoxy groups -OCH3 is 1. The second-order valence-electron chi connectivity index (χ2n) is 3.69. The normalized spacial score (nSPS) is 10.2. The Morgan fingerprint density at radius 3 is 2.11 bits per heavy atom. The smallest absolute Gasteiger partial charge is 0.191 e. The largest absolute Gasteiger partial charge is 0.497 e. The zero-order valence-electron chi connectivity index (χ0n) is 9.82. The van der Waals surface area contributed by atoms with Gasteiger partial charge in [-0.1, -0.05) is 18.2 Å². The number of hydrogen-bond acceptors (Lipinski definition) is 2. The molecular weight excluding hydrogens is 238 g/mol. The van der Waals surface area contributed by atoms with E-state index in [4.69, 9.17) is 9.47 Å². The van der Waals surface area contributed by atoms with E-state index in [1.165, 1.54) is 6.07 Å². The lowest BCUT2D eigenvalue weighted by molar-refractivity contribution is 0.274. The van der Waals surface area contributed by atoms with Crippen molar-refractivity contribution in [2.24, 2.45) is 0 Å². The standard InChI is InChI=1S/C14H12F2O2/c1-17-11-7-5-10(6-8-11)9-18-14-12(15)3-2-4-13(14)16/h2-8H,9H2,1H3. The molecule has 2 nitrogen and oxygen atoms in total. The van der Waals surface area contributed by atoms with E-state index in [0.717, 1.165) is 23.4 Å². The molecule has 0 heterocycles. The fourth-order valence-corrected chi connectivity index (χ4v) is 1.50. The lowest BCUT2D eigenvalue weighted by atomic mass is 10.2. The fourth-order valence-electron chi connectivity index (χ4n) is 1.50. The molecule has 0 aliphatic heterocycles. The zero-order chi connectivity index (χ0) is 13.0. The van der Waals surface area contributed by atoms with Gasteiger partial charge in [-0.15, -0.1) is 0 Å². The van der Waals surface area contributed by atoms with E-state index >= 15 is 0 Å². The Morgan fingerprint density at radius 2 is 1.56 bits per heavy atom. The van der Waals surface area contributed by atoms with Crippen LogP contribution in [-0.2, 0) is 6.61 Å². The predicted octanol–water partition coefficient (Wildman–Crippen LogP) is 3.55. The maximum absolute atomic E-state index is 13.3. The van der Waals surface area contributed by atoms with E-state index in [1.807, 2.05) is 0 Å². The minimum Gasteiger partial charge on any atom is -0.497 e. The Kier molecular flexibility index (Phi) is 3.77. The molecule has 0 fully saturated rings. The summed E-state index contributed by atoms with van der Waals surface area (Å²) in [5.41, 5.74) is 0.804. The van der Waals surface area contributed by atoms with Crippen LogP contribution in [0, 0.1) is 11.6 Å². The van der Waals surface area contributed by atoms with Crippen molar-refractivity contribution in [1.82, 2.24) is 0 Å². The third-order valence-electron chi connectivity index (χ3n) is 2.46. The number of ether oxygens (including phenoxy) is 2. The minimum atomic E-state index is -0.705. The molecule has 4 heteroatoms. The van der Waals surface area contributed by atoms with E-state index in [2.05, 4.69) is 0 Å².